The fraction of sp³-hybridized carbons (Fsp3) is 0.375. The molecule has 20 heavy (non-hydrogen) atoms. The van der Waals surface area contributed by atoms with Crippen molar-refractivity contribution in [3.63, 3.8) is 0 Å². The van der Waals surface area contributed by atoms with Crippen molar-refractivity contribution in [2.24, 2.45) is 0 Å². The Kier molecular flexibility index (Phi) is 2.71. The first-order chi connectivity index (χ1) is 9.41. The maximum atomic E-state index is 11.8. The van der Waals surface area contributed by atoms with Crippen molar-refractivity contribution in [1.29, 1.82) is 0 Å². The standard InChI is InChI=1S/C16H18N2O2/c1-9-7-14-15-8-13(11(3)19)10(2)17(15)5-6-18(14)16(9)12(4)20/h7-8H,5-6H2,1-4H3. The molecule has 0 unspecified atom stereocenters. The second kappa shape index (κ2) is 4.20. The van der Waals surface area contributed by atoms with Crippen molar-refractivity contribution in [1.82, 2.24) is 9.13 Å². The Labute approximate surface area is 118 Å². The van der Waals surface area contributed by atoms with Crippen LogP contribution in [0.4, 0.5) is 0 Å². The number of aromatic nitrogens is 2. The molecule has 2 aromatic rings. The van der Waals surface area contributed by atoms with Crippen LogP contribution in [0.5, 0.6) is 0 Å². The lowest BCUT2D eigenvalue weighted by atomic mass is 10.1. The average Bonchev–Trinajstić information content (AvgIpc) is 2.86. The van der Waals surface area contributed by atoms with Gasteiger partial charge < -0.3 is 9.13 Å². The van der Waals surface area contributed by atoms with Crippen LogP contribution in [0.25, 0.3) is 11.4 Å². The SMILES string of the molecule is CC(=O)c1cc2n(c1C)CCn1c-2cc(C)c1C(C)=O. The Bertz CT molecular complexity index is 747. The van der Waals surface area contributed by atoms with Crippen molar-refractivity contribution < 1.29 is 9.59 Å². The van der Waals surface area contributed by atoms with Gasteiger partial charge in [0.2, 0.25) is 0 Å². The molecular weight excluding hydrogens is 252 g/mol. The molecule has 2 aromatic heterocycles. The summed E-state index contributed by atoms with van der Waals surface area (Å²) in [6, 6.07) is 4.00. The van der Waals surface area contributed by atoms with Gasteiger partial charge in [-0.05, 0) is 38.5 Å². The third-order valence-electron chi connectivity index (χ3n) is 4.18. The van der Waals surface area contributed by atoms with Crippen molar-refractivity contribution >= 4 is 11.6 Å². The number of fused-ring (bicyclic) bond motifs is 3. The Morgan fingerprint density at radius 3 is 2.15 bits per heavy atom. The van der Waals surface area contributed by atoms with Gasteiger partial charge in [0.1, 0.15) is 0 Å². The van der Waals surface area contributed by atoms with E-state index in [0.717, 1.165) is 47.0 Å². The zero-order valence-electron chi connectivity index (χ0n) is 12.3. The Hall–Kier alpha value is -2.10. The summed E-state index contributed by atoms with van der Waals surface area (Å²) in [5, 5.41) is 0. The minimum absolute atomic E-state index is 0.0889. The minimum Gasteiger partial charge on any atom is -0.341 e. The maximum Gasteiger partial charge on any atom is 0.176 e. The molecule has 104 valence electrons. The van der Waals surface area contributed by atoms with E-state index in [-0.39, 0.29) is 11.6 Å². The first-order valence-corrected chi connectivity index (χ1v) is 6.84. The van der Waals surface area contributed by atoms with Gasteiger partial charge in [0.05, 0.1) is 17.1 Å². The molecule has 0 radical (unpaired) electrons. The Balaban J connectivity index is 2.27. The zero-order chi connectivity index (χ0) is 14.6. The molecule has 0 atom stereocenters. The van der Waals surface area contributed by atoms with Crippen LogP contribution in [0.3, 0.4) is 0 Å². The van der Waals surface area contributed by atoms with E-state index in [9.17, 15) is 9.59 Å². The predicted molar refractivity (Wildman–Crippen MR) is 77.3 cm³/mol. The van der Waals surface area contributed by atoms with Gasteiger partial charge >= 0.3 is 0 Å². The van der Waals surface area contributed by atoms with E-state index < -0.39 is 0 Å². The summed E-state index contributed by atoms with van der Waals surface area (Å²) in [4.78, 5) is 23.5. The fourth-order valence-corrected chi connectivity index (χ4v) is 3.30. The highest BCUT2D eigenvalue weighted by atomic mass is 16.1. The molecule has 0 aromatic carbocycles. The minimum atomic E-state index is 0.0889. The molecule has 4 heteroatoms. The number of ketones is 2. The summed E-state index contributed by atoms with van der Waals surface area (Å²) < 4.78 is 4.26. The molecule has 0 amide bonds. The highest BCUT2D eigenvalue weighted by molar-refractivity contribution is 5.98. The van der Waals surface area contributed by atoms with Crippen molar-refractivity contribution in [3.05, 3.63) is 34.6 Å². The van der Waals surface area contributed by atoms with Crippen LogP contribution in [0, 0.1) is 13.8 Å². The van der Waals surface area contributed by atoms with Gasteiger partial charge in [0.15, 0.2) is 11.6 Å². The summed E-state index contributed by atoms with van der Waals surface area (Å²) >= 11 is 0. The number of carbonyl (C=O) groups excluding carboxylic acids is 2. The second-order valence-electron chi connectivity index (χ2n) is 5.51. The van der Waals surface area contributed by atoms with Crippen LogP contribution >= 0.6 is 0 Å². The predicted octanol–water partition coefficient (Wildman–Crippen LogP) is 2.99. The van der Waals surface area contributed by atoms with E-state index in [2.05, 4.69) is 9.13 Å². The number of hydrogen-bond acceptors (Lipinski definition) is 2. The van der Waals surface area contributed by atoms with E-state index >= 15 is 0 Å². The molecule has 0 bridgehead atoms. The number of rotatable bonds is 2. The molecule has 0 saturated heterocycles. The third kappa shape index (κ3) is 1.60. The lowest BCUT2D eigenvalue weighted by Gasteiger charge is -2.21. The Morgan fingerprint density at radius 1 is 0.950 bits per heavy atom. The second-order valence-corrected chi connectivity index (χ2v) is 5.51. The molecule has 3 heterocycles. The summed E-state index contributed by atoms with van der Waals surface area (Å²) in [5.74, 6) is 0.184. The van der Waals surface area contributed by atoms with Gasteiger partial charge in [0, 0.05) is 31.3 Å². The molecule has 0 N–H and O–H groups in total. The smallest absolute Gasteiger partial charge is 0.176 e. The number of nitrogens with zero attached hydrogens (tertiary/aromatic N) is 2. The van der Waals surface area contributed by atoms with Crippen LogP contribution in [0.2, 0.25) is 0 Å². The molecule has 0 fully saturated rings. The number of hydrogen-bond donors (Lipinski definition) is 0. The van der Waals surface area contributed by atoms with Gasteiger partial charge in [0.25, 0.3) is 0 Å². The van der Waals surface area contributed by atoms with E-state index in [0.29, 0.717) is 0 Å². The highest BCUT2D eigenvalue weighted by Gasteiger charge is 2.25. The molecule has 3 rings (SSSR count). The Morgan fingerprint density at radius 2 is 1.55 bits per heavy atom. The molecule has 0 spiro atoms. The lowest BCUT2D eigenvalue weighted by Crippen LogP contribution is -2.19. The van der Waals surface area contributed by atoms with Gasteiger partial charge in [-0.1, -0.05) is 0 Å². The van der Waals surface area contributed by atoms with Crippen LogP contribution in [0.1, 0.15) is 46.0 Å². The highest BCUT2D eigenvalue weighted by Crippen LogP contribution is 2.33. The third-order valence-corrected chi connectivity index (χ3v) is 4.18. The van der Waals surface area contributed by atoms with Crippen molar-refractivity contribution in [2.75, 3.05) is 0 Å². The lowest BCUT2D eigenvalue weighted by molar-refractivity contribution is 0.0999. The number of aryl methyl sites for hydroxylation is 1. The van der Waals surface area contributed by atoms with Crippen molar-refractivity contribution in [3.8, 4) is 11.4 Å². The molecule has 0 aliphatic carbocycles. The number of carbonyl (C=O) groups is 2. The summed E-state index contributed by atoms with van der Waals surface area (Å²) in [6.07, 6.45) is 0. The van der Waals surface area contributed by atoms with Crippen LogP contribution in [-0.2, 0) is 13.1 Å². The topological polar surface area (TPSA) is 44.0 Å². The summed E-state index contributed by atoms with van der Waals surface area (Å²) in [5.41, 5.74) is 5.65. The van der Waals surface area contributed by atoms with Crippen LogP contribution in [0.15, 0.2) is 12.1 Å². The monoisotopic (exact) mass is 270 g/mol. The quantitative estimate of drug-likeness (QED) is 0.787. The van der Waals surface area contributed by atoms with E-state index in [4.69, 9.17) is 0 Å². The van der Waals surface area contributed by atoms with Crippen molar-refractivity contribution in [2.45, 2.75) is 40.8 Å². The molecule has 1 aliphatic heterocycles. The van der Waals surface area contributed by atoms with Crippen LogP contribution < -0.4 is 0 Å². The first-order valence-electron chi connectivity index (χ1n) is 6.84. The number of Topliss-reactive ketones (excluding diaryl/α,β-unsaturated/α-hetero) is 2. The first kappa shape index (κ1) is 12.9. The average molecular weight is 270 g/mol. The normalized spacial score (nSPS) is 13.0. The van der Waals surface area contributed by atoms with E-state index in [1.807, 2.05) is 26.0 Å². The van der Waals surface area contributed by atoms with Gasteiger partial charge in [-0.2, -0.15) is 0 Å². The molecule has 0 saturated carbocycles. The zero-order valence-corrected chi connectivity index (χ0v) is 12.3. The van der Waals surface area contributed by atoms with Crippen LogP contribution in [-0.4, -0.2) is 20.7 Å². The summed E-state index contributed by atoms with van der Waals surface area (Å²) in [6.45, 7) is 8.73. The summed E-state index contributed by atoms with van der Waals surface area (Å²) in [7, 11) is 0. The largest absolute Gasteiger partial charge is 0.341 e. The van der Waals surface area contributed by atoms with E-state index in [1.54, 1.807) is 13.8 Å². The fourth-order valence-electron chi connectivity index (χ4n) is 3.30. The van der Waals surface area contributed by atoms with Gasteiger partial charge in [-0.3, -0.25) is 9.59 Å². The van der Waals surface area contributed by atoms with Gasteiger partial charge in [-0.15, -0.1) is 0 Å². The molecule has 4 nitrogen and oxygen atoms in total. The molecular formula is C16H18N2O2. The van der Waals surface area contributed by atoms with E-state index in [1.165, 1.54) is 0 Å². The van der Waals surface area contributed by atoms with Gasteiger partial charge in [-0.25, -0.2) is 0 Å². The molecule has 1 aliphatic rings. The maximum absolute atomic E-state index is 11.8.